The van der Waals surface area contributed by atoms with E-state index < -0.39 is 0 Å². The Labute approximate surface area is 135 Å². The Hall–Kier alpha value is -0.960. The lowest BCUT2D eigenvalue weighted by molar-refractivity contribution is 0.353. The Morgan fingerprint density at radius 1 is 0.950 bits per heavy atom. The minimum Gasteiger partial charge on any atom is -0.491 e. The zero-order chi connectivity index (χ0) is 14.1. The van der Waals surface area contributed by atoms with Crippen molar-refractivity contribution in [2.24, 2.45) is 0 Å². The van der Waals surface area contributed by atoms with Gasteiger partial charge in [-0.3, -0.25) is 0 Å². The van der Waals surface area contributed by atoms with Gasteiger partial charge in [0.2, 0.25) is 0 Å². The van der Waals surface area contributed by atoms with Crippen molar-refractivity contribution < 1.29 is 4.74 Å². The van der Waals surface area contributed by atoms with Gasteiger partial charge < -0.3 is 4.74 Å². The second kappa shape index (κ2) is 5.80. The Morgan fingerprint density at radius 2 is 1.70 bits per heavy atom. The molecule has 3 aromatic carbocycles. The number of rotatable bonds is 3. The highest BCUT2D eigenvalue weighted by Gasteiger charge is 2.13. The number of alkyl halides is 1. The van der Waals surface area contributed by atoms with E-state index in [-0.39, 0.29) is 0 Å². The summed E-state index contributed by atoms with van der Waals surface area (Å²) in [5.41, 5.74) is 0. The number of halogens is 3. The van der Waals surface area contributed by atoms with E-state index >= 15 is 0 Å². The van der Waals surface area contributed by atoms with Crippen LogP contribution < -0.4 is 4.74 Å². The predicted octanol–water partition coefficient (Wildman–Crippen LogP) is 6.07. The summed E-state index contributed by atoms with van der Waals surface area (Å²) in [5, 5.41) is 6.10. The van der Waals surface area contributed by atoms with Gasteiger partial charge in [-0.15, -0.1) is 0 Å². The molecule has 0 heterocycles. The fourth-order valence-electron chi connectivity index (χ4n) is 2.36. The van der Waals surface area contributed by atoms with E-state index in [4.69, 9.17) is 27.9 Å². The van der Waals surface area contributed by atoms with Gasteiger partial charge in [0.05, 0.1) is 11.6 Å². The largest absolute Gasteiger partial charge is 0.491 e. The first kappa shape index (κ1) is 14.0. The molecule has 0 aromatic heterocycles. The number of benzene rings is 3. The average molecular weight is 370 g/mol. The van der Waals surface area contributed by atoms with Crippen molar-refractivity contribution >= 4 is 60.7 Å². The standard InChI is InChI=1S/C16H11BrCl2O/c17-7-8-20-16-11-4-2-5-13(18)12(11)9-10-3-1-6-14(19)15(10)16/h1-6,9H,7-8H2. The highest BCUT2D eigenvalue weighted by atomic mass is 79.9. The van der Waals surface area contributed by atoms with Gasteiger partial charge >= 0.3 is 0 Å². The number of fused-ring (bicyclic) bond motifs is 2. The molecule has 0 saturated carbocycles. The van der Waals surface area contributed by atoms with E-state index in [9.17, 15) is 0 Å². The van der Waals surface area contributed by atoms with Crippen LogP contribution in [0.15, 0.2) is 42.5 Å². The van der Waals surface area contributed by atoms with Crippen molar-refractivity contribution in [3.8, 4) is 5.75 Å². The minimum absolute atomic E-state index is 0.575. The molecule has 20 heavy (non-hydrogen) atoms. The van der Waals surface area contributed by atoms with Crippen LogP contribution in [0.2, 0.25) is 10.0 Å². The molecular weight excluding hydrogens is 359 g/mol. The van der Waals surface area contributed by atoms with Gasteiger partial charge in [0.1, 0.15) is 5.75 Å². The van der Waals surface area contributed by atoms with Crippen LogP contribution in [-0.2, 0) is 0 Å². The molecule has 0 bridgehead atoms. The Morgan fingerprint density at radius 3 is 2.50 bits per heavy atom. The van der Waals surface area contributed by atoms with Gasteiger partial charge in [0, 0.05) is 26.5 Å². The lowest BCUT2D eigenvalue weighted by Gasteiger charge is -2.14. The summed E-state index contributed by atoms with van der Waals surface area (Å²) in [4.78, 5) is 0. The van der Waals surface area contributed by atoms with E-state index in [0.29, 0.717) is 16.7 Å². The van der Waals surface area contributed by atoms with Crippen LogP contribution in [-0.4, -0.2) is 11.9 Å². The van der Waals surface area contributed by atoms with Gasteiger partial charge in [-0.1, -0.05) is 63.4 Å². The van der Waals surface area contributed by atoms with Crippen molar-refractivity contribution in [2.45, 2.75) is 0 Å². The highest BCUT2D eigenvalue weighted by molar-refractivity contribution is 9.09. The summed E-state index contributed by atoms with van der Waals surface area (Å²) in [6, 6.07) is 13.7. The maximum Gasteiger partial charge on any atom is 0.136 e. The van der Waals surface area contributed by atoms with Crippen LogP contribution in [0, 0.1) is 0 Å². The number of hydrogen-bond donors (Lipinski definition) is 0. The molecule has 0 spiro atoms. The molecule has 4 heteroatoms. The Balaban J connectivity index is 2.44. The lowest BCUT2D eigenvalue weighted by Crippen LogP contribution is -1.99. The van der Waals surface area contributed by atoms with Crippen LogP contribution >= 0.6 is 39.1 Å². The molecule has 0 radical (unpaired) electrons. The van der Waals surface area contributed by atoms with Crippen molar-refractivity contribution in [2.75, 3.05) is 11.9 Å². The molecule has 0 aliphatic heterocycles. The maximum atomic E-state index is 6.36. The molecule has 102 valence electrons. The summed E-state index contributed by atoms with van der Waals surface area (Å²) in [6.45, 7) is 0.575. The second-order valence-electron chi connectivity index (χ2n) is 4.42. The molecule has 0 amide bonds. The molecule has 1 nitrogen and oxygen atoms in total. The summed E-state index contributed by atoms with van der Waals surface area (Å²) in [5.74, 6) is 0.796. The molecule has 0 fully saturated rings. The molecule has 0 N–H and O–H groups in total. The van der Waals surface area contributed by atoms with Crippen molar-refractivity contribution in [3.63, 3.8) is 0 Å². The normalized spacial score (nSPS) is 11.2. The maximum absolute atomic E-state index is 6.36. The summed E-state index contributed by atoms with van der Waals surface area (Å²) >= 11 is 16.0. The van der Waals surface area contributed by atoms with Crippen LogP contribution in [0.25, 0.3) is 21.5 Å². The third-order valence-electron chi connectivity index (χ3n) is 3.19. The Bertz CT molecular complexity index is 786. The van der Waals surface area contributed by atoms with Gasteiger partial charge in [-0.05, 0) is 23.6 Å². The first-order valence-electron chi connectivity index (χ1n) is 6.20. The van der Waals surface area contributed by atoms with E-state index in [1.165, 1.54) is 0 Å². The zero-order valence-electron chi connectivity index (χ0n) is 10.5. The van der Waals surface area contributed by atoms with Crippen molar-refractivity contribution in [1.82, 2.24) is 0 Å². The monoisotopic (exact) mass is 368 g/mol. The molecule has 0 aliphatic rings. The zero-order valence-corrected chi connectivity index (χ0v) is 13.6. The number of ether oxygens (including phenoxy) is 1. The molecule has 0 saturated heterocycles. The van der Waals surface area contributed by atoms with Gasteiger partial charge in [-0.25, -0.2) is 0 Å². The molecular formula is C16H11BrCl2O. The fourth-order valence-corrected chi connectivity index (χ4v) is 3.02. The van der Waals surface area contributed by atoms with E-state index in [2.05, 4.69) is 22.0 Å². The minimum atomic E-state index is 0.575. The second-order valence-corrected chi connectivity index (χ2v) is 6.02. The molecule has 3 aromatic rings. The molecule has 0 aliphatic carbocycles. The summed E-state index contributed by atoms with van der Waals surface area (Å²) in [6.07, 6.45) is 0. The van der Waals surface area contributed by atoms with Crippen LogP contribution in [0.3, 0.4) is 0 Å². The molecule has 3 rings (SSSR count). The SMILES string of the molecule is Clc1cccc2c(OCCBr)c3c(Cl)cccc3cc12. The van der Waals surface area contributed by atoms with Gasteiger partial charge in [0.15, 0.2) is 0 Å². The number of hydrogen-bond acceptors (Lipinski definition) is 1. The van der Waals surface area contributed by atoms with Gasteiger partial charge in [-0.2, -0.15) is 0 Å². The van der Waals surface area contributed by atoms with Gasteiger partial charge in [0.25, 0.3) is 0 Å². The quantitative estimate of drug-likeness (QED) is 0.402. The van der Waals surface area contributed by atoms with Crippen molar-refractivity contribution in [1.29, 1.82) is 0 Å². The van der Waals surface area contributed by atoms with Crippen LogP contribution in [0.4, 0.5) is 0 Å². The smallest absolute Gasteiger partial charge is 0.136 e. The average Bonchev–Trinajstić information content (AvgIpc) is 2.45. The predicted molar refractivity (Wildman–Crippen MR) is 90.8 cm³/mol. The van der Waals surface area contributed by atoms with Crippen LogP contribution in [0.1, 0.15) is 0 Å². The topological polar surface area (TPSA) is 9.23 Å². The Kier molecular flexibility index (Phi) is 4.06. The summed E-state index contributed by atoms with van der Waals surface area (Å²) in [7, 11) is 0. The molecule has 0 unspecified atom stereocenters. The van der Waals surface area contributed by atoms with E-state index in [1.807, 2.05) is 36.4 Å². The summed E-state index contributed by atoms with van der Waals surface area (Å²) < 4.78 is 5.93. The third-order valence-corrected chi connectivity index (χ3v) is 4.16. The lowest BCUT2D eigenvalue weighted by atomic mass is 10.0. The third kappa shape index (κ3) is 2.37. The first-order chi connectivity index (χ1) is 9.72. The highest BCUT2D eigenvalue weighted by Crippen LogP contribution is 2.40. The van der Waals surface area contributed by atoms with Crippen LogP contribution in [0.5, 0.6) is 5.75 Å². The first-order valence-corrected chi connectivity index (χ1v) is 8.08. The molecule has 0 atom stereocenters. The van der Waals surface area contributed by atoms with Crippen molar-refractivity contribution in [3.05, 3.63) is 52.5 Å². The van der Waals surface area contributed by atoms with E-state index in [0.717, 1.165) is 32.6 Å². The van der Waals surface area contributed by atoms with E-state index in [1.54, 1.807) is 0 Å². The fraction of sp³-hybridized carbons (Fsp3) is 0.125.